The van der Waals surface area contributed by atoms with Gasteiger partial charge in [0.2, 0.25) is 0 Å². The second-order valence-electron chi connectivity index (χ2n) is 5.37. The summed E-state index contributed by atoms with van der Waals surface area (Å²) >= 11 is 0. The minimum absolute atomic E-state index is 0.216. The molecule has 1 aliphatic heterocycles. The van der Waals surface area contributed by atoms with Crippen LogP contribution in [0.1, 0.15) is 43.0 Å². The molecule has 0 amide bonds. The fourth-order valence-corrected chi connectivity index (χ4v) is 3.20. The minimum atomic E-state index is -0.216. The van der Waals surface area contributed by atoms with E-state index in [1.54, 1.807) is 0 Å². The Morgan fingerprint density at radius 3 is 2.82 bits per heavy atom. The fraction of sp³-hybridized carbons (Fsp3) is 0.714. The number of aliphatic hydroxyl groups is 1. The molecule has 0 saturated carbocycles. The summed E-state index contributed by atoms with van der Waals surface area (Å²) in [6, 6.07) is 2.11. The quantitative estimate of drug-likeness (QED) is 0.866. The second-order valence-corrected chi connectivity index (χ2v) is 5.37. The Morgan fingerprint density at radius 1 is 1.18 bits per heavy atom. The molecule has 1 aromatic rings. The van der Waals surface area contributed by atoms with E-state index in [-0.39, 0.29) is 6.10 Å². The van der Waals surface area contributed by atoms with Crippen molar-refractivity contribution in [2.45, 2.75) is 44.8 Å². The summed E-state index contributed by atoms with van der Waals surface area (Å²) in [7, 11) is 0. The van der Waals surface area contributed by atoms with Crippen LogP contribution < -0.4 is 0 Å². The predicted molar refractivity (Wildman–Crippen MR) is 68.0 cm³/mol. The highest BCUT2D eigenvalue weighted by Gasteiger charge is 2.21. The first-order valence-electron chi connectivity index (χ1n) is 6.93. The Balaban J connectivity index is 1.66. The van der Waals surface area contributed by atoms with Gasteiger partial charge < -0.3 is 14.6 Å². The van der Waals surface area contributed by atoms with E-state index < -0.39 is 0 Å². The van der Waals surface area contributed by atoms with Crippen molar-refractivity contribution in [2.24, 2.45) is 0 Å². The molecule has 0 bridgehead atoms. The van der Waals surface area contributed by atoms with Crippen LogP contribution in [0.25, 0.3) is 0 Å². The largest absolute Gasteiger partial charge is 0.388 e. The number of hydrogen-bond acceptors (Lipinski definition) is 2. The highest BCUT2D eigenvalue weighted by molar-refractivity contribution is 5.27. The van der Waals surface area contributed by atoms with Gasteiger partial charge in [0, 0.05) is 30.5 Å². The zero-order valence-corrected chi connectivity index (χ0v) is 10.4. The molecule has 94 valence electrons. The molecule has 1 saturated heterocycles. The normalized spacial score (nSPS) is 25.1. The molecular formula is C14H22N2O. The zero-order valence-electron chi connectivity index (χ0n) is 10.4. The lowest BCUT2D eigenvalue weighted by Gasteiger charge is -2.21. The first-order chi connectivity index (χ1) is 8.34. The Kier molecular flexibility index (Phi) is 3.21. The number of aromatic nitrogens is 1. The van der Waals surface area contributed by atoms with Crippen molar-refractivity contribution in [3.05, 3.63) is 23.5 Å². The van der Waals surface area contributed by atoms with Crippen molar-refractivity contribution < 1.29 is 5.11 Å². The minimum Gasteiger partial charge on any atom is -0.388 e. The van der Waals surface area contributed by atoms with Crippen LogP contribution in [-0.2, 0) is 13.0 Å². The lowest BCUT2D eigenvalue weighted by atomic mass is 9.95. The van der Waals surface area contributed by atoms with Gasteiger partial charge >= 0.3 is 0 Å². The Morgan fingerprint density at radius 2 is 2.00 bits per heavy atom. The van der Waals surface area contributed by atoms with E-state index in [0.717, 1.165) is 32.4 Å². The molecule has 0 aromatic carbocycles. The van der Waals surface area contributed by atoms with Crippen LogP contribution in [0.4, 0.5) is 0 Å². The summed E-state index contributed by atoms with van der Waals surface area (Å²) in [5.74, 6) is 0. The molecule has 3 heteroatoms. The summed E-state index contributed by atoms with van der Waals surface area (Å²) in [4.78, 5) is 2.55. The lowest BCUT2D eigenvalue weighted by Crippen LogP contribution is -2.25. The molecule has 1 N–H and O–H groups in total. The Hall–Kier alpha value is -0.800. The molecule has 2 heterocycles. The molecule has 3 rings (SSSR count). The number of likely N-dealkylation sites (tertiary alicyclic amines) is 1. The van der Waals surface area contributed by atoms with Gasteiger partial charge in [0.1, 0.15) is 0 Å². The number of hydrogen-bond donors (Lipinski definition) is 1. The lowest BCUT2D eigenvalue weighted by molar-refractivity contribution is 0.155. The van der Waals surface area contributed by atoms with E-state index >= 15 is 0 Å². The van der Waals surface area contributed by atoms with Crippen molar-refractivity contribution in [1.29, 1.82) is 0 Å². The molecular weight excluding hydrogens is 212 g/mol. The number of fused-ring (bicyclic) bond motifs is 1. The van der Waals surface area contributed by atoms with E-state index in [0.29, 0.717) is 0 Å². The molecule has 17 heavy (non-hydrogen) atoms. The molecule has 1 fully saturated rings. The standard InChI is InChI=1S/C14H22N2O/c17-14-5-3-4-13-12(14)6-9-16(13)11-10-15-7-1-2-8-15/h6,9,14,17H,1-5,7-8,10-11H2. The first kappa shape index (κ1) is 11.3. The number of aliphatic hydroxyl groups excluding tert-OH is 1. The van der Waals surface area contributed by atoms with Gasteiger partial charge in [-0.3, -0.25) is 0 Å². The SMILES string of the molecule is OC1CCCc2c1ccn2CCN1CCCC1. The maximum absolute atomic E-state index is 9.93. The van der Waals surface area contributed by atoms with Crippen molar-refractivity contribution in [1.82, 2.24) is 9.47 Å². The fourth-order valence-electron chi connectivity index (χ4n) is 3.20. The zero-order chi connectivity index (χ0) is 11.7. The van der Waals surface area contributed by atoms with Crippen molar-refractivity contribution in [3.63, 3.8) is 0 Å². The van der Waals surface area contributed by atoms with Crippen LogP contribution in [0.15, 0.2) is 12.3 Å². The van der Waals surface area contributed by atoms with Gasteiger partial charge in [-0.05, 0) is 51.3 Å². The maximum atomic E-state index is 9.93. The van der Waals surface area contributed by atoms with Gasteiger partial charge in [0.25, 0.3) is 0 Å². The monoisotopic (exact) mass is 234 g/mol. The second kappa shape index (κ2) is 4.83. The molecule has 0 spiro atoms. The predicted octanol–water partition coefficient (Wildman–Crippen LogP) is 1.95. The van der Waals surface area contributed by atoms with E-state index in [2.05, 4.69) is 21.7 Å². The highest BCUT2D eigenvalue weighted by Crippen LogP contribution is 2.30. The third-order valence-corrected chi connectivity index (χ3v) is 4.22. The van der Waals surface area contributed by atoms with Crippen LogP contribution in [0, 0.1) is 0 Å². The van der Waals surface area contributed by atoms with Crippen molar-refractivity contribution >= 4 is 0 Å². The van der Waals surface area contributed by atoms with Crippen molar-refractivity contribution in [2.75, 3.05) is 19.6 Å². The molecule has 1 aliphatic carbocycles. The van der Waals surface area contributed by atoms with Gasteiger partial charge in [-0.1, -0.05) is 0 Å². The van der Waals surface area contributed by atoms with Crippen LogP contribution in [0.2, 0.25) is 0 Å². The smallest absolute Gasteiger partial charge is 0.0807 e. The molecule has 0 radical (unpaired) electrons. The van der Waals surface area contributed by atoms with Gasteiger partial charge in [-0.25, -0.2) is 0 Å². The van der Waals surface area contributed by atoms with E-state index in [9.17, 15) is 5.11 Å². The summed E-state index contributed by atoms with van der Waals surface area (Å²) in [6.07, 6.45) is 7.87. The van der Waals surface area contributed by atoms with Gasteiger partial charge in [0.05, 0.1) is 6.10 Å². The average Bonchev–Trinajstić information content (AvgIpc) is 2.95. The number of nitrogens with zero attached hydrogens (tertiary/aromatic N) is 2. The maximum Gasteiger partial charge on any atom is 0.0807 e. The topological polar surface area (TPSA) is 28.4 Å². The van der Waals surface area contributed by atoms with Crippen LogP contribution in [-0.4, -0.2) is 34.2 Å². The first-order valence-corrected chi connectivity index (χ1v) is 6.93. The van der Waals surface area contributed by atoms with E-state index in [4.69, 9.17) is 0 Å². The van der Waals surface area contributed by atoms with E-state index in [1.165, 1.54) is 37.2 Å². The summed E-state index contributed by atoms with van der Waals surface area (Å²) < 4.78 is 2.36. The summed E-state index contributed by atoms with van der Waals surface area (Å²) in [6.45, 7) is 4.79. The highest BCUT2D eigenvalue weighted by atomic mass is 16.3. The Labute approximate surface area is 103 Å². The van der Waals surface area contributed by atoms with Crippen LogP contribution >= 0.6 is 0 Å². The molecule has 3 nitrogen and oxygen atoms in total. The van der Waals surface area contributed by atoms with Gasteiger partial charge in [-0.2, -0.15) is 0 Å². The molecule has 2 aliphatic rings. The average molecular weight is 234 g/mol. The third kappa shape index (κ3) is 2.26. The van der Waals surface area contributed by atoms with E-state index in [1.807, 2.05) is 0 Å². The Bertz CT molecular complexity index is 380. The third-order valence-electron chi connectivity index (χ3n) is 4.22. The number of rotatable bonds is 3. The summed E-state index contributed by atoms with van der Waals surface area (Å²) in [5.41, 5.74) is 2.56. The van der Waals surface area contributed by atoms with Gasteiger partial charge in [0.15, 0.2) is 0 Å². The summed E-state index contributed by atoms with van der Waals surface area (Å²) in [5, 5.41) is 9.93. The van der Waals surface area contributed by atoms with Crippen LogP contribution in [0.3, 0.4) is 0 Å². The molecule has 1 unspecified atom stereocenters. The van der Waals surface area contributed by atoms with Crippen LogP contribution in [0.5, 0.6) is 0 Å². The molecule has 1 aromatic heterocycles. The van der Waals surface area contributed by atoms with Crippen molar-refractivity contribution in [3.8, 4) is 0 Å². The van der Waals surface area contributed by atoms with Gasteiger partial charge in [-0.15, -0.1) is 0 Å². The molecule has 1 atom stereocenters.